The summed E-state index contributed by atoms with van der Waals surface area (Å²) in [5.41, 5.74) is 4.57. The van der Waals surface area contributed by atoms with Gasteiger partial charge in [0.1, 0.15) is 0 Å². The third-order valence-corrected chi connectivity index (χ3v) is 3.74. The number of hydrogen-bond acceptors (Lipinski definition) is 3. The monoisotopic (exact) mass is 310 g/mol. The van der Waals surface area contributed by atoms with Crippen LogP contribution in [0.3, 0.4) is 0 Å². The fraction of sp³-hybridized carbons (Fsp3) is 0.250. The lowest BCUT2D eigenvalue weighted by molar-refractivity contribution is -0.138. The van der Waals surface area contributed by atoms with E-state index in [9.17, 15) is 4.79 Å². The molecule has 23 heavy (non-hydrogen) atoms. The number of carbonyl (C=O) groups excluding carboxylic acids is 1. The van der Waals surface area contributed by atoms with Crippen molar-refractivity contribution >= 4 is 11.5 Å². The lowest BCUT2D eigenvalue weighted by Gasteiger charge is -2.13. The molecule has 3 heteroatoms. The average Bonchev–Trinajstić information content (AvgIpc) is 2.60. The summed E-state index contributed by atoms with van der Waals surface area (Å²) >= 11 is 0. The Labute approximate surface area is 137 Å². The molecule has 0 amide bonds. The summed E-state index contributed by atoms with van der Waals surface area (Å²) in [6.45, 7) is 4.01. The van der Waals surface area contributed by atoms with Crippen molar-refractivity contribution in [1.29, 1.82) is 0 Å². The van der Waals surface area contributed by atoms with Gasteiger partial charge in [0.05, 0.1) is 13.2 Å². The van der Waals surface area contributed by atoms with E-state index < -0.39 is 0 Å². The Hall–Kier alpha value is -2.39. The topological polar surface area (TPSA) is 46.5 Å². The zero-order valence-electron chi connectivity index (χ0n) is 13.6. The number of hydrogen-bond donors (Lipinski definition) is 1. The molecule has 0 aromatic heterocycles. The van der Waals surface area contributed by atoms with E-state index in [1.807, 2.05) is 61.5 Å². The third-order valence-electron chi connectivity index (χ3n) is 3.74. The van der Waals surface area contributed by atoms with Crippen molar-refractivity contribution in [1.82, 2.24) is 0 Å². The van der Waals surface area contributed by atoms with E-state index in [4.69, 9.17) is 9.84 Å². The number of rotatable bonds is 6. The molecule has 0 fully saturated rings. The number of allylic oxidation sites excluding steroid dienone is 1. The minimum absolute atomic E-state index is 0.0313. The van der Waals surface area contributed by atoms with Gasteiger partial charge >= 0.3 is 5.97 Å². The van der Waals surface area contributed by atoms with E-state index in [-0.39, 0.29) is 12.6 Å². The Morgan fingerprint density at radius 2 is 1.61 bits per heavy atom. The van der Waals surface area contributed by atoms with Gasteiger partial charge in [-0.3, -0.25) is 0 Å². The quantitative estimate of drug-likeness (QED) is 0.653. The van der Waals surface area contributed by atoms with Gasteiger partial charge in [-0.15, -0.1) is 0 Å². The molecule has 0 saturated carbocycles. The Kier molecular flexibility index (Phi) is 6.12. The number of carbonyl (C=O) groups is 1. The number of benzene rings is 2. The summed E-state index contributed by atoms with van der Waals surface area (Å²) in [7, 11) is 0. The van der Waals surface area contributed by atoms with Crippen LogP contribution in [-0.4, -0.2) is 17.7 Å². The van der Waals surface area contributed by atoms with Gasteiger partial charge in [0.2, 0.25) is 0 Å². The first kappa shape index (κ1) is 17.0. The molecule has 0 aliphatic rings. The molecule has 2 aromatic rings. The highest BCUT2D eigenvalue weighted by atomic mass is 16.5. The lowest BCUT2D eigenvalue weighted by atomic mass is 9.93. The Morgan fingerprint density at radius 3 is 2.17 bits per heavy atom. The molecule has 0 atom stereocenters. The highest BCUT2D eigenvalue weighted by molar-refractivity contribution is 5.97. The van der Waals surface area contributed by atoms with Crippen LogP contribution in [0.4, 0.5) is 0 Å². The van der Waals surface area contributed by atoms with Crippen LogP contribution in [0.25, 0.3) is 5.57 Å². The van der Waals surface area contributed by atoms with Crippen molar-refractivity contribution in [3.8, 4) is 0 Å². The van der Waals surface area contributed by atoms with Crippen LogP contribution in [-0.2, 0) is 22.6 Å². The number of esters is 1. The van der Waals surface area contributed by atoms with Crippen LogP contribution in [0.2, 0.25) is 0 Å². The molecule has 0 aliphatic heterocycles. The van der Waals surface area contributed by atoms with Crippen LogP contribution in [0.15, 0.2) is 60.2 Å². The first-order chi connectivity index (χ1) is 11.2. The number of aliphatic hydroxyl groups excluding tert-OH is 1. The SMILES string of the molecule is CCOC(=O)/C(C)=C(/Cc1ccc(CO)cc1)c1ccccc1. The summed E-state index contributed by atoms with van der Waals surface area (Å²) in [6.07, 6.45) is 0.639. The Balaban J connectivity index is 2.37. The highest BCUT2D eigenvalue weighted by Gasteiger charge is 2.14. The molecule has 0 bridgehead atoms. The lowest BCUT2D eigenvalue weighted by Crippen LogP contribution is -2.08. The largest absolute Gasteiger partial charge is 0.463 e. The molecule has 120 valence electrons. The second kappa shape index (κ2) is 8.30. The van der Waals surface area contributed by atoms with Crippen molar-refractivity contribution < 1.29 is 14.6 Å². The van der Waals surface area contributed by atoms with Crippen molar-refractivity contribution in [2.24, 2.45) is 0 Å². The maximum atomic E-state index is 12.1. The summed E-state index contributed by atoms with van der Waals surface area (Å²) in [4.78, 5) is 12.1. The molecule has 0 unspecified atom stereocenters. The minimum atomic E-state index is -0.279. The molecule has 0 radical (unpaired) electrons. The number of ether oxygens (including phenoxy) is 1. The molecule has 0 aliphatic carbocycles. The van der Waals surface area contributed by atoms with Gasteiger partial charge in [-0.25, -0.2) is 4.79 Å². The first-order valence-electron chi connectivity index (χ1n) is 7.76. The third kappa shape index (κ3) is 4.54. The van der Waals surface area contributed by atoms with Crippen LogP contribution in [0.5, 0.6) is 0 Å². The van der Waals surface area contributed by atoms with Crippen LogP contribution in [0.1, 0.15) is 30.5 Å². The standard InChI is InChI=1S/C20H22O3/c1-3-23-20(22)15(2)19(18-7-5-4-6-8-18)13-16-9-11-17(14-21)12-10-16/h4-12,21H,3,13-14H2,1-2H3/b19-15-. The molecule has 1 N–H and O–H groups in total. The zero-order valence-corrected chi connectivity index (χ0v) is 13.6. The van der Waals surface area contributed by atoms with E-state index in [2.05, 4.69) is 0 Å². The zero-order chi connectivity index (χ0) is 16.7. The molecular formula is C20H22O3. The molecule has 0 saturated heterocycles. The Morgan fingerprint density at radius 1 is 1.00 bits per heavy atom. The van der Waals surface area contributed by atoms with Crippen LogP contribution >= 0.6 is 0 Å². The van der Waals surface area contributed by atoms with Crippen LogP contribution in [0, 0.1) is 0 Å². The minimum Gasteiger partial charge on any atom is -0.463 e. The van der Waals surface area contributed by atoms with Crippen molar-refractivity contribution in [2.75, 3.05) is 6.61 Å². The molecule has 2 rings (SSSR count). The first-order valence-corrected chi connectivity index (χ1v) is 7.76. The van der Waals surface area contributed by atoms with E-state index in [1.54, 1.807) is 6.92 Å². The molecule has 0 spiro atoms. The highest BCUT2D eigenvalue weighted by Crippen LogP contribution is 2.24. The van der Waals surface area contributed by atoms with Gasteiger partial charge in [0.15, 0.2) is 0 Å². The average molecular weight is 310 g/mol. The van der Waals surface area contributed by atoms with Gasteiger partial charge < -0.3 is 9.84 Å². The molecular weight excluding hydrogens is 288 g/mol. The smallest absolute Gasteiger partial charge is 0.334 e. The summed E-state index contributed by atoms with van der Waals surface area (Å²) in [5, 5.41) is 9.14. The van der Waals surface area contributed by atoms with Gasteiger partial charge in [0, 0.05) is 5.57 Å². The molecule has 3 nitrogen and oxygen atoms in total. The van der Waals surface area contributed by atoms with Crippen molar-refractivity contribution in [3.63, 3.8) is 0 Å². The fourth-order valence-corrected chi connectivity index (χ4v) is 2.42. The maximum Gasteiger partial charge on any atom is 0.334 e. The summed E-state index contributed by atoms with van der Waals surface area (Å²) in [5.74, 6) is -0.279. The van der Waals surface area contributed by atoms with Gasteiger partial charge in [0.25, 0.3) is 0 Å². The summed E-state index contributed by atoms with van der Waals surface area (Å²) in [6, 6.07) is 17.6. The van der Waals surface area contributed by atoms with E-state index >= 15 is 0 Å². The van der Waals surface area contributed by atoms with Gasteiger partial charge in [-0.1, -0.05) is 54.6 Å². The second-order valence-electron chi connectivity index (χ2n) is 5.34. The summed E-state index contributed by atoms with van der Waals surface area (Å²) < 4.78 is 5.15. The van der Waals surface area contributed by atoms with Crippen molar-refractivity contribution in [3.05, 3.63) is 76.9 Å². The van der Waals surface area contributed by atoms with Crippen molar-refractivity contribution in [2.45, 2.75) is 26.9 Å². The van der Waals surface area contributed by atoms with E-state index in [0.29, 0.717) is 18.6 Å². The predicted molar refractivity (Wildman–Crippen MR) is 91.7 cm³/mol. The van der Waals surface area contributed by atoms with Gasteiger partial charge in [-0.05, 0) is 42.5 Å². The normalized spacial score (nSPS) is 11.8. The number of aliphatic hydroxyl groups is 1. The fourth-order valence-electron chi connectivity index (χ4n) is 2.42. The molecule has 0 heterocycles. The van der Waals surface area contributed by atoms with E-state index in [0.717, 1.165) is 22.3 Å². The van der Waals surface area contributed by atoms with Gasteiger partial charge in [-0.2, -0.15) is 0 Å². The van der Waals surface area contributed by atoms with Crippen LogP contribution < -0.4 is 0 Å². The van der Waals surface area contributed by atoms with E-state index in [1.165, 1.54) is 0 Å². The maximum absolute atomic E-state index is 12.1. The Bertz CT molecular complexity index is 670. The molecule has 2 aromatic carbocycles. The second-order valence-corrected chi connectivity index (χ2v) is 5.34. The predicted octanol–water partition coefficient (Wildman–Crippen LogP) is 3.76.